The van der Waals surface area contributed by atoms with Gasteiger partial charge in [0.25, 0.3) is 0 Å². The van der Waals surface area contributed by atoms with Gasteiger partial charge in [0.2, 0.25) is 5.82 Å². The van der Waals surface area contributed by atoms with Gasteiger partial charge in [0.15, 0.2) is 0 Å². The molecular weight excluding hydrogens is 362 g/mol. The molecule has 0 saturated heterocycles. The van der Waals surface area contributed by atoms with Gasteiger partial charge in [0, 0.05) is 12.4 Å². The Morgan fingerprint density at radius 2 is 1.28 bits per heavy atom. The smallest absolute Gasteiger partial charge is 0.373 e. The predicted molar refractivity (Wildman–Crippen MR) is 119 cm³/mol. The van der Waals surface area contributed by atoms with Gasteiger partial charge in [-0.25, -0.2) is 14.8 Å². The molecule has 0 amide bonds. The topological polar surface area (TPSA) is 89.1 Å². The minimum absolute atomic E-state index is 0.169. The third-order valence-electron chi connectivity index (χ3n) is 4.18. The molecule has 0 aliphatic heterocycles. The standard InChI is InChI=1S/C14H10.C5H4N2O2.C5H13N/c1-2-6-12-10-14-8-4-3-7-13(14)9-11(12)5-1;8-5(9)4-6-2-1-3-7-4;1-2-3-4-5-6/h1-10H;1-3H,(H,8,9);2-6H2,1H3. The van der Waals surface area contributed by atoms with Gasteiger partial charge >= 0.3 is 5.97 Å². The summed E-state index contributed by atoms with van der Waals surface area (Å²) >= 11 is 0. The maximum absolute atomic E-state index is 10.1. The number of aromatic nitrogens is 2. The molecular formula is C24H27N3O2. The third-order valence-corrected chi connectivity index (χ3v) is 4.18. The van der Waals surface area contributed by atoms with Gasteiger partial charge in [-0.1, -0.05) is 68.3 Å². The highest BCUT2D eigenvalue weighted by atomic mass is 16.4. The van der Waals surface area contributed by atoms with E-state index < -0.39 is 5.97 Å². The van der Waals surface area contributed by atoms with Crippen molar-refractivity contribution in [1.82, 2.24) is 9.97 Å². The molecule has 0 atom stereocenters. The molecule has 1 aromatic heterocycles. The zero-order valence-corrected chi connectivity index (χ0v) is 16.7. The molecule has 3 aromatic carbocycles. The van der Waals surface area contributed by atoms with Crippen LogP contribution in [0.25, 0.3) is 21.5 Å². The van der Waals surface area contributed by atoms with Gasteiger partial charge in [-0.2, -0.15) is 0 Å². The SMILES string of the molecule is CCCCCN.O=C(O)c1ncccn1.c1ccc2cc3ccccc3cc2c1. The van der Waals surface area contributed by atoms with Crippen LogP contribution in [0.3, 0.4) is 0 Å². The van der Waals surface area contributed by atoms with Crippen LogP contribution in [-0.4, -0.2) is 27.6 Å². The number of hydrogen-bond acceptors (Lipinski definition) is 4. The van der Waals surface area contributed by atoms with Crippen LogP contribution in [0.1, 0.15) is 36.8 Å². The number of hydrogen-bond donors (Lipinski definition) is 2. The minimum atomic E-state index is -1.10. The van der Waals surface area contributed by atoms with Crippen molar-refractivity contribution in [2.45, 2.75) is 26.2 Å². The lowest BCUT2D eigenvalue weighted by atomic mass is 10.0. The van der Waals surface area contributed by atoms with Gasteiger partial charge in [0.05, 0.1) is 0 Å². The summed E-state index contributed by atoms with van der Waals surface area (Å²) in [5.74, 6) is -1.27. The van der Waals surface area contributed by atoms with Crippen LogP contribution in [0.4, 0.5) is 0 Å². The summed E-state index contributed by atoms with van der Waals surface area (Å²) in [7, 11) is 0. The van der Waals surface area contributed by atoms with E-state index in [0.29, 0.717) is 0 Å². The van der Waals surface area contributed by atoms with E-state index in [9.17, 15) is 4.79 Å². The Hall–Kier alpha value is -3.31. The zero-order valence-electron chi connectivity index (χ0n) is 16.7. The summed E-state index contributed by atoms with van der Waals surface area (Å²) in [6, 6.07) is 23.0. The first-order valence-corrected chi connectivity index (χ1v) is 9.73. The number of nitrogens with zero attached hydrogens (tertiary/aromatic N) is 2. The van der Waals surface area contributed by atoms with Crippen molar-refractivity contribution in [3.63, 3.8) is 0 Å². The molecule has 4 aromatic rings. The number of nitrogens with two attached hydrogens (primary N) is 1. The van der Waals surface area contributed by atoms with E-state index in [2.05, 4.69) is 77.6 Å². The number of aromatic carboxylic acids is 1. The first-order chi connectivity index (χ1) is 14.2. The molecule has 29 heavy (non-hydrogen) atoms. The van der Waals surface area contributed by atoms with Gasteiger partial charge in [-0.05, 0) is 52.7 Å². The fourth-order valence-electron chi connectivity index (χ4n) is 2.69. The van der Waals surface area contributed by atoms with Crippen molar-refractivity contribution in [3.8, 4) is 0 Å². The molecule has 1 heterocycles. The summed E-state index contributed by atoms with van der Waals surface area (Å²) in [5.41, 5.74) is 5.21. The molecule has 0 unspecified atom stereocenters. The first-order valence-electron chi connectivity index (χ1n) is 9.73. The second-order valence-corrected chi connectivity index (χ2v) is 6.42. The van der Waals surface area contributed by atoms with Crippen molar-refractivity contribution < 1.29 is 9.90 Å². The van der Waals surface area contributed by atoms with Crippen molar-refractivity contribution in [2.24, 2.45) is 5.73 Å². The summed E-state index contributed by atoms with van der Waals surface area (Å²) in [5, 5.41) is 13.5. The molecule has 0 fully saturated rings. The zero-order chi connectivity index (χ0) is 20.9. The second-order valence-electron chi connectivity index (χ2n) is 6.42. The van der Waals surface area contributed by atoms with Crippen LogP contribution in [-0.2, 0) is 0 Å². The molecule has 0 spiro atoms. The van der Waals surface area contributed by atoms with E-state index in [4.69, 9.17) is 10.8 Å². The van der Waals surface area contributed by atoms with Gasteiger partial charge < -0.3 is 10.8 Å². The largest absolute Gasteiger partial charge is 0.475 e. The molecule has 0 aliphatic rings. The van der Waals surface area contributed by atoms with Crippen LogP contribution in [0, 0.1) is 0 Å². The normalized spacial score (nSPS) is 9.86. The molecule has 0 radical (unpaired) electrons. The molecule has 3 N–H and O–H groups in total. The average Bonchev–Trinajstić information content (AvgIpc) is 2.77. The highest BCUT2D eigenvalue weighted by molar-refractivity contribution is 5.98. The van der Waals surface area contributed by atoms with Crippen molar-refractivity contribution in [2.75, 3.05) is 6.54 Å². The number of unbranched alkanes of at least 4 members (excludes halogenated alkanes) is 2. The fourth-order valence-corrected chi connectivity index (χ4v) is 2.69. The number of fused-ring (bicyclic) bond motifs is 2. The summed E-state index contributed by atoms with van der Waals surface area (Å²) in [6.45, 7) is 3.03. The van der Waals surface area contributed by atoms with E-state index in [-0.39, 0.29) is 5.82 Å². The summed E-state index contributed by atoms with van der Waals surface area (Å²) in [6.07, 6.45) is 6.52. The van der Waals surface area contributed by atoms with E-state index in [1.165, 1.54) is 53.2 Å². The number of rotatable bonds is 4. The molecule has 5 heteroatoms. The average molecular weight is 389 g/mol. The Kier molecular flexibility index (Phi) is 9.25. The predicted octanol–water partition coefficient (Wildman–Crippen LogP) is 5.30. The minimum Gasteiger partial charge on any atom is -0.475 e. The Morgan fingerprint density at radius 3 is 1.55 bits per heavy atom. The fraction of sp³-hybridized carbons (Fsp3) is 0.208. The van der Waals surface area contributed by atoms with Crippen LogP contribution >= 0.6 is 0 Å². The maximum Gasteiger partial charge on any atom is 0.373 e. The van der Waals surface area contributed by atoms with E-state index in [1.54, 1.807) is 6.07 Å². The van der Waals surface area contributed by atoms with Crippen LogP contribution in [0.15, 0.2) is 79.1 Å². The third kappa shape index (κ3) is 7.31. The second kappa shape index (κ2) is 12.2. The lowest BCUT2D eigenvalue weighted by Crippen LogP contribution is -2.01. The van der Waals surface area contributed by atoms with Crippen molar-refractivity contribution >= 4 is 27.5 Å². The molecule has 5 nitrogen and oxygen atoms in total. The molecule has 150 valence electrons. The highest BCUT2D eigenvalue weighted by Gasteiger charge is 2.01. The van der Waals surface area contributed by atoms with E-state index in [0.717, 1.165) is 6.54 Å². The number of benzene rings is 3. The molecule has 0 bridgehead atoms. The Morgan fingerprint density at radius 1 is 0.828 bits per heavy atom. The lowest BCUT2D eigenvalue weighted by Gasteiger charge is -2.00. The first kappa shape index (κ1) is 22.0. The molecule has 0 saturated carbocycles. The molecule has 0 aliphatic carbocycles. The maximum atomic E-state index is 10.1. The summed E-state index contributed by atoms with van der Waals surface area (Å²) < 4.78 is 0. The monoisotopic (exact) mass is 389 g/mol. The van der Waals surface area contributed by atoms with E-state index >= 15 is 0 Å². The Bertz CT molecular complexity index is 911. The van der Waals surface area contributed by atoms with Gasteiger partial charge in [-0.3, -0.25) is 0 Å². The van der Waals surface area contributed by atoms with Crippen molar-refractivity contribution in [3.05, 3.63) is 84.9 Å². The molecule has 4 rings (SSSR count). The lowest BCUT2D eigenvalue weighted by molar-refractivity contribution is 0.0683. The highest BCUT2D eigenvalue weighted by Crippen LogP contribution is 2.21. The van der Waals surface area contributed by atoms with Gasteiger partial charge in [-0.15, -0.1) is 0 Å². The van der Waals surface area contributed by atoms with Gasteiger partial charge in [0.1, 0.15) is 0 Å². The number of carbonyl (C=O) groups is 1. The van der Waals surface area contributed by atoms with Crippen LogP contribution in [0.2, 0.25) is 0 Å². The van der Waals surface area contributed by atoms with Crippen molar-refractivity contribution in [1.29, 1.82) is 0 Å². The number of carboxylic acids is 1. The van der Waals surface area contributed by atoms with Crippen LogP contribution in [0.5, 0.6) is 0 Å². The number of carboxylic acid groups (broad SMARTS) is 1. The van der Waals surface area contributed by atoms with E-state index in [1.807, 2.05) is 0 Å². The summed E-state index contributed by atoms with van der Waals surface area (Å²) in [4.78, 5) is 17.0. The van der Waals surface area contributed by atoms with Crippen LogP contribution < -0.4 is 5.73 Å². The Labute approximate surface area is 171 Å². The quantitative estimate of drug-likeness (QED) is 0.365. The Balaban J connectivity index is 0.000000173.